The van der Waals surface area contributed by atoms with Crippen molar-refractivity contribution in [2.24, 2.45) is 0 Å². The van der Waals surface area contributed by atoms with Gasteiger partial charge in [0.25, 0.3) is 0 Å². The third-order valence-corrected chi connectivity index (χ3v) is 3.50. The Kier molecular flexibility index (Phi) is 4.35. The summed E-state index contributed by atoms with van der Waals surface area (Å²) in [5.41, 5.74) is 2.38. The Labute approximate surface area is 125 Å². The summed E-state index contributed by atoms with van der Waals surface area (Å²) in [5, 5.41) is 0. The zero-order valence-corrected chi connectivity index (χ0v) is 13.6. The minimum absolute atomic E-state index is 0.0124. The van der Waals surface area contributed by atoms with Gasteiger partial charge in [-0.15, -0.1) is 0 Å². The number of aromatic nitrogens is 2. The van der Waals surface area contributed by atoms with Gasteiger partial charge in [-0.1, -0.05) is 40.7 Å². The van der Waals surface area contributed by atoms with Crippen LogP contribution in [0.3, 0.4) is 0 Å². The largest absolute Gasteiger partial charge is 0.486 e. The third kappa shape index (κ3) is 3.09. The molecule has 0 N–H and O–H groups in total. The van der Waals surface area contributed by atoms with Crippen molar-refractivity contribution in [1.29, 1.82) is 0 Å². The number of pyridine rings is 1. The van der Waals surface area contributed by atoms with Crippen LogP contribution in [0, 0.1) is 0 Å². The van der Waals surface area contributed by atoms with Gasteiger partial charge in [-0.2, -0.15) is 0 Å². The van der Waals surface area contributed by atoms with E-state index in [1.165, 1.54) is 0 Å². The van der Waals surface area contributed by atoms with Crippen molar-refractivity contribution in [3.05, 3.63) is 39.9 Å². The maximum atomic E-state index is 12.7. The molecule has 2 rings (SSSR count). The summed E-state index contributed by atoms with van der Waals surface area (Å²) < 4.78 is 7.25. The molecule has 2 aromatic heterocycles. The minimum Gasteiger partial charge on any atom is -0.486 e. The molecule has 0 spiro atoms. The Bertz CT molecular complexity index is 696. The first-order chi connectivity index (χ1) is 9.88. The van der Waals surface area contributed by atoms with Gasteiger partial charge in [0.15, 0.2) is 0 Å². The van der Waals surface area contributed by atoms with Crippen LogP contribution in [0.2, 0.25) is 0 Å². The second kappa shape index (κ2) is 5.88. The fourth-order valence-corrected chi connectivity index (χ4v) is 2.20. The molecule has 2 aromatic rings. The molecule has 0 atom stereocenters. The lowest BCUT2D eigenvalue weighted by Gasteiger charge is -2.20. The van der Waals surface area contributed by atoms with Crippen LogP contribution in [-0.2, 0) is 11.8 Å². The first-order valence-electron chi connectivity index (χ1n) is 7.57. The predicted molar refractivity (Wildman–Crippen MR) is 85.3 cm³/mol. The van der Waals surface area contributed by atoms with E-state index in [2.05, 4.69) is 25.8 Å². The highest BCUT2D eigenvalue weighted by Crippen LogP contribution is 2.22. The van der Waals surface area contributed by atoms with Crippen molar-refractivity contribution >= 4 is 5.65 Å². The van der Waals surface area contributed by atoms with Gasteiger partial charge >= 0.3 is 5.56 Å². The van der Waals surface area contributed by atoms with Crippen molar-refractivity contribution in [3.63, 3.8) is 0 Å². The van der Waals surface area contributed by atoms with Gasteiger partial charge in [0.2, 0.25) is 5.75 Å². The monoisotopic (exact) mass is 288 g/mol. The molecule has 0 aromatic carbocycles. The third-order valence-electron chi connectivity index (χ3n) is 3.50. The van der Waals surface area contributed by atoms with Crippen molar-refractivity contribution in [3.8, 4) is 5.75 Å². The standard InChI is InChI=1S/C17H24N2O2/c1-6-10-21-15-13(7-2)18-14-9-8-12(17(3,4)5)11-19(14)16(15)20/h8-9,11H,6-7,10H2,1-5H3. The highest BCUT2D eigenvalue weighted by atomic mass is 16.5. The lowest BCUT2D eigenvalue weighted by Crippen LogP contribution is -2.22. The number of rotatable bonds is 4. The van der Waals surface area contributed by atoms with Crippen LogP contribution in [0.5, 0.6) is 5.75 Å². The quantitative estimate of drug-likeness (QED) is 0.866. The number of aryl methyl sites for hydroxylation is 1. The molecule has 4 heteroatoms. The lowest BCUT2D eigenvalue weighted by atomic mass is 9.88. The normalized spacial score (nSPS) is 11.9. The maximum Gasteiger partial charge on any atom is 0.300 e. The van der Waals surface area contributed by atoms with Crippen LogP contribution < -0.4 is 10.3 Å². The molecule has 0 amide bonds. The van der Waals surface area contributed by atoms with Gasteiger partial charge in [-0.3, -0.25) is 9.20 Å². The van der Waals surface area contributed by atoms with Gasteiger partial charge in [-0.25, -0.2) is 4.98 Å². The lowest BCUT2D eigenvalue weighted by molar-refractivity contribution is 0.307. The highest BCUT2D eigenvalue weighted by molar-refractivity contribution is 5.45. The molecule has 0 aliphatic rings. The fourth-order valence-electron chi connectivity index (χ4n) is 2.20. The number of ether oxygens (including phenoxy) is 1. The average Bonchev–Trinajstić information content (AvgIpc) is 2.44. The molecule has 0 bridgehead atoms. The predicted octanol–water partition coefficient (Wildman–Crippen LogP) is 3.34. The van der Waals surface area contributed by atoms with E-state index in [0.29, 0.717) is 24.4 Å². The molecule has 0 saturated heterocycles. The second-order valence-electron chi connectivity index (χ2n) is 6.29. The van der Waals surface area contributed by atoms with E-state index in [1.807, 2.05) is 32.2 Å². The second-order valence-corrected chi connectivity index (χ2v) is 6.29. The molecule has 2 heterocycles. The Morgan fingerprint density at radius 2 is 1.95 bits per heavy atom. The molecule has 0 aliphatic heterocycles. The summed E-state index contributed by atoms with van der Waals surface area (Å²) in [6.45, 7) is 10.9. The summed E-state index contributed by atoms with van der Waals surface area (Å²) in [4.78, 5) is 17.3. The van der Waals surface area contributed by atoms with E-state index in [1.54, 1.807) is 4.40 Å². The zero-order valence-electron chi connectivity index (χ0n) is 13.6. The first-order valence-corrected chi connectivity index (χ1v) is 7.57. The van der Waals surface area contributed by atoms with Crippen LogP contribution in [0.4, 0.5) is 0 Å². The van der Waals surface area contributed by atoms with Crippen LogP contribution in [0.15, 0.2) is 23.1 Å². The van der Waals surface area contributed by atoms with Crippen molar-refractivity contribution in [2.75, 3.05) is 6.61 Å². The maximum absolute atomic E-state index is 12.7. The molecule has 0 unspecified atom stereocenters. The topological polar surface area (TPSA) is 43.6 Å². The van der Waals surface area contributed by atoms with Crippen LogP contribution in [0.25, 0.3) is 5.65 Å². The van der Waals surface area contributed by atoms with E-state index < -0.39 is 0 Å². The first kappa shape index (κ1) is 15.5. The number of hydrogen-bond acceptors (Lipinski definition) is 3. The highest BCUT2D eigenvalue weighted by Gasteiger charge is 2.17. The van der Waals surface area contributed by atoms with E-state index in [4.69, 9.17) is 4.74 Å². The van der Waals surface area contributed by atoms with Gasteiger partial charge in [0.1, 0.15) is 5.65 Å². The molecule has 0 aliphatic carbocycles. The summed E-state index contributed by atoms with van der Waals surface area (Å²) in [6.07, 6.45) is 3.43. The van der Waals surface area contributed by atoms with Crippen molar-refractivity contribution < 1.29 is 4.74 Å². The van der Waals surface area contributed by atoms with Gasteiger partial charge in [-0.05, 0) is 29.9 Å². The number of fused-ring (bicyclic) bond motifs is 1. The smallest absolute Gasteiger partial charge is 0.300 e. The molecule has 0 radical (unpaired) electrons. The molecule has 21 heavy (non-hydrogen) atoms. The Balaban J connectivity index is 2.67. The summed E-state index contributed by atoms with van der Waals surface area (Å²) in [7, 11) is 0. The molecule has 4 nitrogen and oxygen atoms in total. The zero-order chi connectivity index (χ0) is 15.6. The SMILES string of the molecule is CCCOc1c(CC)nc2ccc(C(C)(C)C)cn2c1=O. The minimum atomic E-state index is -0.114. The van der Waals surface area contributed by atoms with Gasteiger partial charge in [0.05, 0.1) is 12.3 Å². The van der Waals surface area contributed by atoms with Crippen LogP contribution in [-0.4, -0.2) is 16.0 Å². The number of hydrogen-bond donors (Lipinski definition) is 0. The summed E-state index contributed by atoms with van der Waals surface area (Å²) >= 11 is 0. The fraction of sp³-hybridized carbons (Fsp3) is 0.529. The summed E-state index contributed by atoms with van der Waals surface area (Å²) in [5.74, 6) is 0.392. The van der Waals surface area contributed by atoms with E-state index in [-0.39, 0.29) is 11.0 Å². The van der Waals surface area contributed by atoms with E-state index in [9.17, 15) is 4.79 Å². The van der Waals surface area contributed by atoms with E-state index >= 15 is 0 Å². The number of nitrogens with zero attached hydrogens (tertiary/aromatic N) is 2. The molecule has 0 saturated carbocycles. The Morgan fingerprint density at radius 1 is 1.24 bits per heavy atom. The van der Waals surface area contributed by atoms with Crippen molar-refractivity contribution in [2.45, 2.75) is 52.9 Å². The van der Waals surface area contributed by atoms with E-state index in [0.717, 1.165) is 17.7 Å². The Morgan fingerprint density at radius 3 is 2.52 bits per heavy atom. The van der Waals surface area contributed by atoms with Gasteiger partial charge in [0, 0.05) is 6.20 Å². The van der Waals surface area contributed by atoms with Gasteiger partial charge < -0.3 is 4.74 Å². The van der Waals surface area contributed by atoms with Crippen LogP contribution >= 0.6 is 0 Å². The Hall–Kier alpha value is -1.84. The molecule has 0 fully saturated rings. The molecule has 114 valence electrons. The van der Waals surface area contributed by atoms with Crippen LogP contribution in [0.1, 0.15) is 52.3 Å². The van der Waals surface area contributed by atoms with Crippen molar-refractivity contribution in [1.82, 2.24) is 9.38 Å². The molecular weight excluding hydrogens is 264 g/mol. The average molecular weight is 288 g/mol. The molecular formula is C17H24N2O2. The summed E-state index contributed by atoms with van der Waals surface area (Å²) in [6, 6.07) is 3.94.